The highest BCUT2D eigenvalue weighted by molar-refractivity contribution is 5.76. The fraction of sp³-hybridized carbons (Fsp3) is 0.458. The molecule has 4 heterocycles. The van der Waals surface area contributed by atoms with Crippen LogP contribution in [0.5, 0.6) is 0 Å². The number of nitrogen functional groups attached to an aromatic ring is 1. The summed E-state index contributed by atoms with van der Waals surface area (Å²) in [6.45, 7) is 6.05. The minimum absolute atomic E-state index is 0.116. The zero-order chi connectivity index (χ0) is 23.7. The van der Waals surface area contributed by atoms with E-state index in [2.05, 4.69) is 25.4 Å². The van der Waals surface area contributed by atoms with Crippen molar-refractivity contribution >= 4 is 17.5 Å². The SMILES string of the molecule is CCC(=O)N1CCC2(CCN(c3cnc(N)c(-c4nnc(-c5ccc(CNC)cc5)o4)n3)C2)C1. The van der Waals surface area contributed by atoms with Crippen LogP contribution in [0.3, 0.4) is 0 Å². The van der Waals surface area contributed by atoms with Crippen LogP contribution in [0.15, 0.2) is 34.9 Å². The molecule has 1 unspecified atom stereocenters. The number of amides is 1. The molecule has 2 aromatic heterocycles. The van der Waals surface area contributed by atoms with E-state index in [9.17, 15) is 4.79 Å². The van der Waals surface area contributed by atoms with Crippen molar-refractivity contribution in [2.45, 2.75) is 32.7 Å². The molecule has 1 aromatic carbocycles. The summed E-state index contributed by atoms with van der Waals surface area (Å²) in [7, 11) is 1.91. The first kappa shape index (κ1) is 22.3. The minimum Gasteiger partial charge on any atom is -0.414 e. The van der Waals surface area contributed by atoms with Crippen molar-refractivity contribution in [3.8, 4) is 23.0 Å². The number of nitrogens with two attached hydrogens (primary N) is 1. The molecule has 2 saturated heterocycles. The molecule has 0 saturated carbocycles. The lowest BCUT2D eigenvalue weighted by Gasteiger charge is -2.25. The summed E-state index contributed by atoms with van der Waals surface area (Å²) >= 11 is 0. The Kier molecular flexibility index (Phi) is 5.91. The number of carbonyl (C=O) groups is 1. The Bertz CT molecular complexity index is 1180. The molecule has 2 aliphatic rings. The predicted octanol–water partition coefficient (Wildman–Crippen LogP) is 2.33. The molecule has 0 aliphatic carbocycles. The van der Waals surface area contributed by atoms with E-state index in [1.807, 2.05) is 43.1 Å². The van der Waals surface area contributed by atoms with E-state index >= 15 is 0 Å². The molecule has 34 heavy (non-hydrogen) atoms. The first-order valence-electron chi connectivity index (χ1n) is 11.7. The van der Waals surface area contributed by atoms with Crippen LogP contribution in [0, 0.1) is 5.41 Å². The first-order valence-corrected chi connectivity index (χ1v) is 11.7. The number of hydrogen-bond donors (Lipinski definition) is 2. The Morgan fingerprint density at radius 1 is 1.15 bits per heavy atom. The largest absolute Gasteiger partial charge is 0.414 e. The van der Waals surface area contributed by atoms with Gasteiger partial charge in [-0.25, -0.2) is 9.97 Å². The van der Waals surface area contributed by atoms with Crippen molar-refractivity contribution in [2.75, 3.05) is 43.9 Å². The lowest BCUT2D eigenvalue weighted by Crippen LogP contribution is -2.33. The quantitative estimate of drug-likeness (QED) is 0.567. The van der Waals surface area contributed by atoms with Crippen molar-refractivity contribution in [2.24, 2.45) is 5.41 Å². The van der Waals surface area contributed by atoms with Crippen molar-refractivity contribution in [1.82, 2.24) is 30.4 Å². The van der Waals surface area contributed by atoms with E-state index in [0.717, 1.165) is 56.9 Å². The summed E-state index contributed by atoms with van der Waals surface area (Å²) < 4.78 is 5.92. The molecule has 2 fully saturated rings. The predicted molar refractivity (Wildman–Crippen MR) is 129 cm³/mol. The highest BCUT2D eigenvalue weighted by Gasteiger charge is 2.45. The molecule has 3 aromatic rings. The van der Waals surface area contributed by atoms with Gasteiger partial charge in [0.05, 0.1) is 6.20 Å². The molecule has 10 heteroatoms. The van der Waals surface area contributed by atoms with E-state index in [4.69, 9.17) is 15.1 Å². The second-order valence-electron chi connectivity index (χ2n) is 9.19. The zero-order valence-corrected chi connectivity index (χ0v) is 19.6. The maximum absolute atomic E-state index is 12.1. The van der Waals surface area contributed by atoms with Gasteiger partial charge in [0.15, 0.2) is 11.5 Å². The van der Waals surface area contributed by atoms with Crippen LogP contribution in [-0.2, 0) is 11.3 Å². The Morgan fingerprint density at radius 2 is 1.91 bits per heavy atom. The lowest BCUT2D eigenvalue weighted by atomic mass is 9.86. The average Bonchev–Trinajstić information content (AvgIpc) is 3.61. The Labute approximate surface area is 198 Å². The molecule has 1 amide bonds. The summed E-state index contributed by atoms with van der Waals surface area (Å²) in [4.78, 5) is 25.5. The molecule has 3 N–H and O–H groups in total. The minimum atomic E-state index is 0.116. The number of likely N-dealkylation sites (tertiary alicyclic amines) is 1. The van der Waals surface area contributed by atoms with Gasteiger partial charge in [0.1, 0.15) is 5.82 Å². The third-order valence-electron chi connectivity index (χ3n) is 6.85. The van der Waals surface area contributed by atoms with Gasteiger partial charge in [0.25, 0.3) is 5.89 Å². The highest BCUT2D eigenvalue weighted by Crippen LogP contribution is 2.41. The first-order chi connectivity index (χ1) is 16.5. The third-order valence-corrected chi connectivity index (χ3v) is 6.85. The van der Waals surface area contributed by atoms with Crippen LogP contribution in [-0.4, -0.2) is 64.2 Å². The van der Waals surface area contributed by atoms with Gasteiger partial charge in [-0.1, -0.05) is 19.1 Å². The van der Waals surface area contributed by atoms with Crippen LogP contribution >= 0.6 is 0 Å². The molecule has 5 rings (SSSR count). The number of rotatable bonds is 6. The molecule has 0 bridgehead atoms. The van der Waals surface area contributed by atoms with Crippen molar-refractivity contribution in [3.05, 3.63) is 36.0 Å². The highest BCUT2D eigenvalue weighted by atomic mass is 16.4. The van der Waals surface area contributed by atoms with Gasteiger partial charge in [-0.05, 0) is 37.6 Å². The number of hydrogen-bond acceptors (Lipinski definition) is 9. The van der Waals surface area contributed by atoms with E-state index < -0.39 is 0 Å². The Balaban J connectivity index is 1.34. The van der Waals surface area contributed by atoms with Crippen molar-refractivity contribution in [3.63, 3.8) is 0 Å². The van der Waals surface area contributed by atoms with Gasteiger partial charge >= 0.3 is 0 Å². The maximum atomic E-state index is 12.1. The molecule has 0 radical (unpaired) electrons. The number of nitrogens with zero attached hydrogens (tertiary/aromatic N) is 6. The second kappa shape index (κ2) is 9.02. The van der Waals surface area contributed by atoms with Crippen LogP contribution in [0.25, 0.3) is 23.0 Å². The summed E-state index contributed by atoms with van der Waals surface area (Å²) in [6, 6.07) is 7.94. The summed E-state index contributed by atoms with van der Waals surface area (Å²) in [5, 5.41) is 11.5. The summed E-state index contributed by atoms with van der Waals surface area (Å²) in [6.07, 6.45) is 4.29. The van der Waals surface area contributed by atoms with Gasteiger partial charge in [-0.3, -0.25) is 4.79 Å². The normalized spacial score (nSPS) is 19.9. The van der Waals surface area contributed by atoms with Gasteiger partial charge in [-0.2, -0.15) is 0 Å². The number of anilines is 2. The fourth-order valence-corrected chi connectivity index (χ4v) is 4.94. The number of nitrogens with one attached hydrogen (secondary N) is 1. The molecule has 1 spiro atoms. The van der Waals surface area contributed by atoms with Crippen LogP contribution < -0.4 is 16.0 Å². The fourth-order valence-electron chi connectivity index (χ4n) is 4.94. The van der Waals surface area contributed by atoms with Crippen LogP contribution in [0.4, 0.5) is 11.6 Å². The topological polar surface area (TPSA) is 126 Å². The van der Waals surface area contributed by atoms with Gasteiger partial charge in [-0.15, -0.1) is 10.2 Å². The number of carbonyl (C=O) groups excluding carboxylic acids is 1. The van der Waals surface area contributed by atoms with Crippen LogP contribution in [0.1, 0.15) is 31.7 Å². The van der Waals surface area contributed by atoms with Crippen LogP contribution in [0.2, 0.25) is 0 Å². The Hall–Kier alpha value is -3.53. The van der Waals surface area contributed by atoms with Gasteiger partial charge in [0, 0.05) is 50.1 Å². The number of aromatic nitrogens is 4. The molecule has 10 nitrogen and oxygen atoms in total. The van der Waals surface area contributed by atoms with Gasteiger partial charge in [0.2, 0.25) is 11.8 Å². The summed E-state index contributed by atoms with van der Waals surface area (Å²) in [5.74, 6) is 1.86. The van der Waals surface area contributed by atoms with E-state index in [1.165, 1.54) is 5.56 Å². The van der Waals surface area contributed by atoms with Crippen molar-refractivity contribution in [1.29, 1.82) is 0 Å². The average molecular weight is 463 g/mol. The molecule has 1 atom stereocenters. The third kappa shape index (κ3) is 4.21. The maximum Gasteiger partial charge on any atom is 0.270 e. The smallest absolute Gasteiger partial charge is 0.270 e. The second-order valence-corrected chi connectivity index (χ2v) is 9.19. The van der Waals surface area contributed by atoms with Gasteiger partial charge < -0.3 is 25.3 Å². The number of benzene rings is 1. The van der Waals surface area contributed by atoms with E-state index in [-0.39, 0.29) is 23.0 Å². The molecule has 2 aliphatic heterocycles. The molecular formula is C24H30N8O2. The van der Waals surface area contributed by atoms with Crippen molar-refractivity contribution < 1.29 is 9.21 Å². The molecular weight excluding hydrogens is 432 g/mol. The summed E-state index contributed by atoms with van der Waals surface area (Å²) in [5.41, 5.74) is 8.63. The Morgan fingerprint density at radius 3 is 2.68 bits per heavy atom. The van der Waals surface area contributed by atoms with E-state index in [1.54, 1.807) is 6.20 Å². The van der Waals surface area contributed by atoms with E-state index in [0.29, 0.717) is 18.0 Å². The standard InChI is InChI=1S/C24H30N8O2/c1-3-19(33)32-11-9-24(15-32)8-10-31(14-24)18-13-27-21(25)20(28-18)23-30-29-22(34-23)17-6-4-16(5-7-17)12-26-2/h4-7,13,26H,3,8-12,14-15H2,1-2H3,(H2,25,27). The molecule has 178 valence electrons. The monoisotopic (exact) mass is 462 g/mol. The lowest BCUT2D eigenvalue weighted by molar-refractivity contribution is -0.130. The zero-order valence-electron chi connectivity index (χ0n) is 19.6.